The molecule has 1 aromatic rings. The number of rotatable bonds is 5. The summed E-state index contributed by atoms with van der Waals surface area (Å²) in [6.45, 7) is 8.35. The van der Waals surface area contributed by atoms with Crippen molar-refractivity contribution in [1.29, 1.82) is 0 Å². The monoisotopic (exact) mass is 252 g/mol. The molecule has 0 fully saturated rings. The Labute approximate surface area is 110 Å². The van der Waals surface area contributed by atoms with E-state index in [9.17, 15) is 4.39 Å². The van der Waals surface area contributed by atoms with Crippen LogP contribution in [0.4, 0.5) is 10.1 Å². The molecule has 18 heavy (non-hydrogen) atoms. The third kappa shape index (κ3) is 3.70. The maximum absolute atomic E-state index is 14.1. The second-order valence-corrected chi connectivity index (χ2v) is 5.59. The average molecular weight is 252 g/mol. The van der Waals surface area contributed by atoms with E-state index >= 15 is 0 Å². The molecule has 2 nitrogen and oxygen atoms in total. The first-order valence-electron chi connectivity index (χ1n) is 6.60. The van der Waals surface area contributed by atoms with E-state index in [-0.39, 0.29) is 11.9 Å². The summed E-state index contributed by atoms with van der Waals surface area (Å²) >= 11 is 0. The molecule has 102 valence electrons. The Bertz CT molecular complexity index is 388. The van der Waals surface area contributed by atoms with Gasteiger partial charge in [-0.3, -0.25) is 0 Å². The van der Waals surface area contributed by atoms with Gasteiger partial charge in [0.1, 0.15) is 5.82 Å². The van der Waals surface area contributed by atoms with Crippen LogP contribution in [-0.4, -0.2) is 13.1 Å². The predicted molar refractivity (Wildman–Crippen MR) is 76.3 cm³/mol. The zero-order chi connectivity index (χ0) is 13.9. The van der Waals surface area contributed by atoms with Crippen molar-refractivity contribution < 1.29 is 4.39 Å². The first-order chi connectivity index (χ1) is 8.32. The van der Waals surface area contributed by atoms with Gasteiger partial charge in [0.15, 0.2) is 0 Å². The normalized spacial score (nSPS) is 14.7. The second kappa shape index (κ2) is 6.19. The maximum Gasteiger partial charge on any atom is 0.146 e. The molecule has 0 amide bonds. The molecule has 0 aliphatic carbocycles. The topological polar surface area (TPSA) is 29.3 Å². The third-order valence-electron chi connectivity index (χ3n) is 3.35. The molecule has 3 heteroatoms. The lowest BCUT2D eigenvalue weighted by atomic mass is 10.0. The summed E-state index contributed by atoms with van der Waals surface area (Å²) in [5.41, 5.74) is 7.23. The number of nitrogens with two attached hydrogens (primary N) is 1. The van der Waals surface area contributed by atoms with Crippen molar-refractivity contribution in [3.8, 4) is 0 Å². The van der Waals surface area contributed by atoms with Crippen LogP contribution in [0.3, 0.4) is 0 Å². The van der Waals surface area contributed by atoms with Crippen LogP contribution >= 0.6 is 0 Å². The van der Waals surface area contributed by atoms with E-state index in [4.69, 9.17) is 5.73 Å². The largest absolute Gasteiger partial charge is 0.370 e. The molecule has 2 N–H and O–H groups in total. The third-order valence-corrected chi connectivity index (χ3v) is 3.35. The summed E-state index contributed by atoms with van der Waals surface area (Å²) in [5, 5.41) is 0. The van der Waals surface area contributed by atoms with Crippen molar-refractivity contribution in [3.05, 3.63) is 29.6 Å². The Morgan fingerprint density at radius 1 is 1.22 bits per heavy atom. The predicted octanol–water partition coefficient (Wildman–Crippen LogP) is 3.72. The van der Waals surface area contributed by atoms with Crippen LogP contribution in [0.5, 0.6) is 0 Å². The van der Waals surface area contributed by atoms with Crippen molar-refractivity contribution >= 4 is 5.69 Å². The first-order valence-corrected chi connectivity index (χ1v) is 6.60. The fourth-order valence-electron chi connectivity index (χ4n) is 2.17. The standard InChI is InChI=1S/C15H25FN2/c1-10(2)8-11(3)18(5)15-7-6-13(12(4)17)9-14(15)16/h6-7,9-12H,8,17H2,1-5H3. The van der Waals surface area contributed by atoms with E-state index in [0.29, 0.717) is 17.6 Å². The highest BCUT2D eigenvalue weighted by atomic mass is 19.1. The number of hydrogen-bond acceptors (Lipinski definition) is 2. The Balaban J connectivity index is 2.89. The van der Waals surface area contributed by atoms with Crippen LogP contribution in [0.15, 0.2) is 18.2 Å². The highest BCUT2D eigenvalue weighted by molar-refractivity contribution is 5.49. The Morgan fingerprint density at radius 3 is 2.28 bits per heavy atom. The van der Waals surface area contributed by atoms with Gasteiger partial charge in [0.05, 0.1) is 5.69 Å². The molecule has 0 saturated heterocycles. The maximum atomic E-state index is 14.1. The Hall–Kier alpha value is -1.09. The lowest BCUT2D eigenvalue weighted by Crippen LogP contribution is -2.30. The van der Waals surface area contributed by atoms with E-state index in [1.54, 1.807) is 6.07 Å². The molecule has 2 atom stereocenters. The van der Waals surface area contributed by atoms with Gasteiger partial charge >= 0.3 is 0 Å². The number of anilines is 1. The molecule has 1 rings (SSSR count). The van der Waals surface area contributed by atoms with E-state index in [1.165, 1.54) is 0 Å². The summed E-state index contributed by atoms with van der Waals surface area (Å²) in [6.07, 6.45) is 1.05. The van der Waals surface area contributed by atoms with Gasteiger partial charge in [-0.25, -0.2) is 4.39 Å². The zero-order valence-electron chi connectivity index (χ0n) is 12.1. The van der Waals surface area contributed by atoms with Crippen LogP contribution in [0.25, 0.3) is 0 Å². The molecule has 0 spiro atoms. The summed E-state index contributed by atoms with van der Waals surface area (Å²) < 4.78 is 14.1. The van der Waals surface area contributed by atoms with Gasteiger partial charge in [-0.15, -0.1) is 0 Å². The molecular formula is C15H25FN2. The average Bonchev–Trinajstić information content (AvgIpc) is 2.26. The van der Waals surface area contributed by atoms with E-state index in [0.717, 1.165) is 12.0 Å². The molecule has 0 aliphatic heterocycles. The zero-order valence-corrected chi connectivity index (χ0v) is 12.1. The van der Waals surface area contributed by atoms with Gasteiger partial charge < -0.3 is 10.6 Å². The smallest absolute Gasteiger partial charge is 0.146 e. The van der Waals surface area contributed by atoms with Crippen LogP contribution in [0, 0.1) is 11.7 Å². The van der Waals surface area contributed by atoms with Crippen LogP contribution in [-0.2, 0) is 0 Å². The van der Waals surface area contributed by atoms with Crippen molar-refractivity contribution in [2.24, 2.45) is 11.7 Å². The van der Waals surface area contributed by atoms with E-state index < -0.39 is 0 Å². The quantitative estimate of drug-likeness (QED) is 0.865. The van der Waals surface area contributed by atoms with Crippen LogP contribution in [0.1, 0.15) is 45.7 Å². The minimum Gasteiger partial charge on any atom is -0.370 e. The van der Waals surface area contributed by atoms with Crippen molar-refractivity contribution in [2.75, 3.05) is 11.9 Å². The highest BCUT2D eigenvalue weighted by Gasteiger charge is 2.15. The van der Waals surface area contributed by atoms with Gasteiger partial charge in [0.2, 0.25) is 0 Å². The van der Waals surface area contributed by atoms with Crippen molar-refractivity contribution in [2.45, 2.75) is 46.2 Å². The van der Waals surface area contributed by atoms with Crippen molar-refractivity contribution in [3.63, 3.8) is 0 Å². The van der Waals surface area contributed by atoms with Gasteiger partial charge in [0.25, 0.3) is 0 Å². The number of benzene rings is 1. The van der Waals surface area contributed by atoms with Gasteiger partial charge in [0, 0.05) is 19.1 Å². The van der Waals surface area contributed by atoms with Crippen LogP contribution in [0.2, 0.25) is 0 Å². The van der Waals surface area contributed by atoms with E-state index in [2.05, 4.69) is 20.8 Å². The minimum absolute atomic E-state index is 0.132. The molecule has 2 unspecified atom stereocenters. The Kier molecular flexibility index (Phi) is 5.15. The molecule has 0 aliphatic rings. The molecule has 0 aromatic heterocycles. The molecule has 0 bridgehead atoms. The fourth-order valence-corrected chi connectivity index (χ4v) is 2.17. The number of hydrogen-bond donors (Lipinski definition) is 1. The highest BCUT2D eigenvalue weighted by Crippen LogP contribution is 2.25. The molecule has 0 radical (unpaired) electrons. The lowest BCUT2D eigenvalue weighted by molar-refractivity contribution is 0.498. The molecule has 1 aromatic carbocycles. The van der Waals surface area contributed by atoms with Gasteiger partial charge in [-0.2, -0.15) is 0 Å². The number of halogens is 1. The first kappa shape index (κ1) is 15.0. The van der Waals surface area contributed by atoms with Crippen LogP contribution < -0.4 is 10.6 Å². The van der Waals surface area contributed by atoms with E-state index in [1.807, 2.05) is 31.0 Å². The molecular weight excluding hydrogens is 227 g/mol. The number of nitrogens with zero attached hydrogens (tertiary/aromatic N) is 1. The lowest BCUT2D eigenvalue weighted by Gasteiger charge is -2.29. The minimum atomic E-state index is -0.192. The Morgan fingerprint density at radius 2 is 1.83 bits per heavy atom. The fraction of sp³-hybridized carbons (Fsp3) is 0.600. The van der Waals surface area contributed by atoms with Crippen molar-refractivity contribution in [1.82, 2.24) is 0 Å². The van der Waals surface area contributed by atoms with Gasteiger partial charge in [-0.05, 0) is 43.9 Å². The molecule has 0 saturated carbocycles. The van der Waals surface area contributed by atoms with Gasteiger partial charge in [-0.1, -0.05) is 19.9 Å². The summed E-state index contributed by atoms with van der Waals surface area (Å²) in [5.74, 6) is 0.414. The summed E-state index contributed by atoms with van der Waals surface area (Å²) in [4.78, 5) is 2.00. The summed E-state index contributed by atoms with van der Waals surface area (Å²) in [6, 6.07) is 5.46. The second-order valence-electron chi connectivity index (χ2n) is 5.59. The molecule has 0 heterocycles. The summed E-state index contributed by atoms with van der Waals surface area (Å²) in [7, 11) is 1.94. The SMILES string of the molecule is CC(C)CC(C)N(C)c1ccc(C(C)N)cc1F.